The number of fused-ring (bicyclic) bond motifs is 1. The molecule has 36 heavy (non-hydrogen) atoms. The lowest BCUT2D eigenvalue weighted by molar-refractivity contribution is 1.11. The first kappa shape index (κ1) is 24.6. The van der Waals surface area contributed by atoms with E-state index in [1.807, 2.05) is 88.6 Å². The van der Waals surface area contributed by atoms with Crippen molar-refractivity contribution in [3.05, 3.63) is 96.7 Å². The molecule has 0 saturated heterocycles. The number of H-pyrrole nitrogens is 2. The molecule has 5 aromatic heterocycles. The maximum absolute atomic E-state index is 4.95. The summed E-state index contributed by atoms with van der Waals surface area (Å²) in [5.74, 6) is 0. The van der Waals surface area contributed by atoms with Crippen LogP contribution in [0.25, 0.3) is 39.3 Å². The zero-order valence-corrected chi connectivity index (χ0v) is 21.4. The van der Waals surface area contributed by atoms with Crippen molar-refractivity contribution in [2.45, 2.75) is 20.8 Å². The van der Waals surface area contributed by atoms with Gasteiger partial charge in [0.2, 0.25) is 0 Å². The molecule has 0 fully saturated rings. The second-order valence-electron chi connectivity index (χ2n) is 8.24. The largest absolute Gasteiger partial charge is 0.376 e. The Balaban J connectivity index is 0.00000148. The molecule has 0 bridgehead atoms. The van der Waals surface area contributed by atoms with Crippen molar-refractivity contribution < 1.29 is 0 Å². The lowest BCUT2D eigenvalue weighted by Crippen LogP contribution is -2.08. The first-order chi connectivity index (χ1) is 17.5. The van der Waals surface area contributed by atoms with E-state index in [0.717, 1.165) is 61.9 Å². The minimum Gasteiger partial charge on any atom is -0.376 e. The number of pyridine rings is 3. The van der Waals surface area contributed by atoms with E-state index in [-0.39, 0.29) is 0 Å². The molecule has 0 aliphatic rings. The van der Waals surface area contributed by atoms with Gasteiger partial charge in [-0.25, -0.2) is 4.98 Å². The van der Waals surface area contributed by atoms with E-state index < -0.39 is 0 Å². The first-order valence-electron chi connectivity index (χ1n) is 12.0. The molecular formula is C29H31N7. The molecule has 0 amide bonds. The topological polar surface area (TPSA) is 86.4 Å². The van der Waals surface area contributed by atoms with Crippen LogP contribution in [-0.2, 0) is 0 Å². The predicted molar refractivity (Wildman–Crippen MR) is 149 cm³/mol. The predicted octanol–water partition coefficient (Wildman–Crippen LogP) is 6.43. The highest BCUT2D eigenvalue weighted by Gasteiger charge is 2.17. The number of nitrogens with zero attached hydrogens (tertiary/aromatic N) is 5. The molecular weight excluding hydrogens is 446 g/mol. The Morgan fingerprint density at radius 2 is 1.89 bits per heavy atom. The summed E-state index contributed by atoms with van der Waals surface area (Å²) in [6, 6.07) is 14.0. The number of aryl methyl sites for hydroxylation is 1. The lowest BCUT2D eigenvalue weighted by atomic mass is 10.0. The quantitative estimate of drug-likeness (QED) is 0.275. The van der Waals surface area contributed by atoms with Crippen molar-refractivity contribution in [3.8, 4) is 22.6 Å². The average Bonchev–Trinajstić information content (AvgIpc) is 3.51. The molecule has 0 aliphatic carbocycles. The number of aromatic nitrogens is 6. The molecule has 0 saturated carbocycles. The van der Waals surface area contributed by atoms with Crippen LogP contribution in [0.5, 0.6) is 0 Å². The molecule has 7 nitrogen and oxygen atoms in total. The number of hydrogen-bond acceptors (Lipinski definition) is 5. The molecule has 7 heteroatoms. The summed E-state index contributed by atoms with van der Waals surface area (Å²) in [6.45, 7) is 9.93. The highest BCUT2D eigenvalue weighted by Crippen LogP contribution is 2.32. The van der Waals surface area contributed by atoms with Gasteiger partial charge in [0.05, 0.1) is 34.5 Å². The van der Waals surface area contributed by atoms with Gasteiger partial charge in [-0.2, -0.15) is 5.10 Å². The van der Waals surface area contributed by atoms with Crippen LogP contribution in [0.15, 0.2) is 79.8 Å². The molecule has 5 aromatic rings. The van der Waals surface area contributed by atoms with Crippen LogP contribution in [0, 0.1) is 6.92 Å². The van der Waals surface area contributed by atoms with Crippen molar-refractivity contribution in [1.82, 2.24) is 30.1 Å². The lowest BCUT2D eigenvalue weighted by Gasteiger charge is -2.12. The molecule has 5 heterocycles. The normalized spacial score (nSPS) is 11.2. The first-order valence-corrected chi connectivity index (χ1v) is 12.0. The third kappa shape index (κ3) is 4.81. The summed E-state index contributed by atoms with van der Waals surface area (Å²) >= 11 is 0. The van der Waals surface area contributed by atoms with Crippen LogP contribution in [-0.4, -0.2) is 44.2 Å². The Labute approximate surface area is 211 Å². The maximum atomic E-state index is 4.95. The second-order valence-corrected chi connectivity index (χ2v) is 8.24. The Bertz CT molecular complexity index is 1510. The van der Waals surface area contributed by atoms with Gasteiger partial charge in [-0.15, -0.1) is 0 Å². The van der Waals surface area contributed by atoms with Crippen LogP contribution in [0.2, 0.25) is 0 Å². The van der Waals surface area contributed by atoms with Gasteiger partial charge in [0.25, 0.3) is 0 Å². The van der Waals surface area contributed by atoms with Gasteiger partial charge in [0.1, 0.15) is 11.2 Å². The fraction of sp³-hybridized carbons (Fsp3) is 0.172. The van der Waals surface area contributed by atoms with Gasteiger partial charge >= 0.3 is 0 Å². The van der Waals surface area contributed by atoms with Crippen molar-refractivity contribution in [2.24, 2.45) is 0 Å². The highest BCUT2D eigenvalue weighted by atomic mass is 15.1. The van der Waals surface area contributed by atoms with Crippen LogP contribution < -0.4 is 4.90 Å². The highest BCUT2D eigenvalue weighted by molar-refractivity contribution is 5.92. The SMILES string of the molecule is C=C/C=C(/c1ccccn1)c1cc(-c2n[nH]c3ccc(-c4cncc(N(C)C)c4)nc23)[nH]c1C.CC. The minimum absolute atomic E-state index is 0.766. The molecule has 182 valence electrons. The third-order valence-corrected chi connectivity index (χ3v) is 5.73. The molecule has 5 rings (SSSR count). The third-order valence-electron chi connectivity index (χ3n) is 5.73. The smallest absolute Gasteiger partial charge is 0.135 e. The Kier molecular flexibility index (Phi) is 7.39. The minimum atomic E-state index is 0.766. The van der Waals surface area contributed by atoms with Crippen LogP contribution in [0.4, 0.5) is 5.69 Å². The van der Waals surface area contributed by atoms with E-state index in [2.05, 4.69) is 43.9 Å². The maximum Gasteiger partial charge on any atom is 0.135 e. The molecule has 0 aromatic carbocycles. The molecule has 0 spiro atoms. The van der Waals surface area contributed by atoms with E-state index >= 15 is 0 Å². The van der Waals surface area contributed by atoms with Gasteiger partial charge in [0, 0.05) is 48.9 Å². The Hall–Kier alpha value is -4.52. The zero-order chi connectivity index (χ0) is 25.7. The number of nitrogens with one attached hydrogen (secondary N) is 2. The second kappa shape index (κ2) is 10.8. The summed E-state index contributed by atoms with van der Waals surface area (Å²) in [4.78, 5) is 19.4. The number of rotatable bonds is 6. The van der Waals surface area contributed by atoms with Crippen molar-refractivity contribution in [1.29, 1.82) is 0 Å². The van der Waals surface area contributed by atoms with Crippen LogP contribution >= 0.6 is 0 Å². The van der Waals surface area contributed by atoms with Gasteiger partial charge in [0.15, 0.2) is 0 Å². The van der Waals surface area contributed by atoms with Crippen LogP contribution in [0.3, 0.4) is 0 Å². The molecule has 0 aliphatic heterocycles. The Morgan fingerprint density at radius 3 is 2.61 bits per heavy atom. The van der Waals surface area contributed by atoms with E-state index in [1.165, 1.54) is 0 Å². The molecule has 0 atom stereocenters. The van der Waals surface area contributed by atoms with Crippen molar-refractivity contribution in [2.75, 3.05) is 19.0 Å². The number of aromatic amines is 2. The van der Waals surface area contributed by atoms with Crippen molar-refractivity contribution in [3.63, 3.8) is 0 Å². The summed E-state index contributed by atoms with van der Waals surface area (Å²) < 4.78 is 0. The number of hydrogen-bond donors (Lipinski definition) is 2. The van der Waals surface area contributed by atoms with E-state index in [0.29, 0.717) is 0 Å². The monoisotopic (exact) mass is 477 g/mol. The fourth-order valence-electron chi connectivity index (χ4n) is 3.98. The van der Waals surface area contributed by atoms with E-state index in [4.69, 9.17) is 4.98 Å². The summed E-state index contributed by atoms with van der Waals surface area (Å²) in [5, 5.41) is 7.69. The molecule has 0 unspecified atom stereocenters. The average molecular weight is 478 g/mol. The summed E-state index contributed by atoms with van der Waals surface area (Å²) in [6.07, 6.45) is 9.22. The van der Waals surface area contributed by atoms with Gasteiger partial charge in [-0.3, -0.25) is 15.1 Å². The fourth-order valence-corrected chi connectivity index (χ4v) is 3.98. The standard InChI is InChI=1S/C27H25N7.C2H6/c1-5-8-20(23-9-6-7-12-29-23)21-14-25(30-17(21)2)27-26-24(32-33-27)11-10-22(31-26)18-13-19(34(3)4)16-28-15-18;1-2/h5-16,30H,1H2,2-4H3,(H,32,33);1-2H3/b20-8+;. The molecule has 0 radical (unpaired) electrons. The van der Waals surface area contributed by atoms with Gasteiger partial charge in [-0.05, 0) is 43.3 Å². The summed E-state index contributed by atoms with van der Waals surface area (Å²) in [5.41, 5.74) is 10.1. The van der Waals surface area contributed by atoms with Gasteiger partial charge < -0.3 is 9.88 Å². The number of allylic oxidation sites excluding steroid dienone is 2. The van der Waals surface area contributed by atoms with Gasteiger partial charge in [-0.1, -0.05) is 38.6 Å². The van der Waals surface area contributed by atoms with E-state index in [9.17, 15) is 0 Å². The number of anilines is 1. The summed E-state index contributed by atoms with van der Waals surface area (Å²) in [7, 11) is 3.99. The van der Waals surface area contributed by atoms with E-state index in [1.54, 1.807) is 12.3 Å². The zero-order valence-electron chi connectivity index (χ0n) is 21.4. The Morgan fingerprint density at radius 1 is 1.06 bits per heavy atom. The molecule has 2 N–H and O–H groups in total. The van der Waals surface area contributed by atoms with Crippen molar-refractivity contribution >= 4 is 22.3 Å². The van der Waals surface area contributed by atoms with Crippen LogP contribution in [0.1, 0.15) is 30.8 Å².